The Kier molecular flexibility index (Phi) is 11.1. The van der Waals surface area contributed by atoms with Crippen LogP contribution in [0, 0.1) is 17.2 Å². The molecule has 7 heteroatoms. The fourth-order valence-electron chi connectivity index (χ4n) is 5.59. The van der Waals surface area contributed by atoms with Gasteiger partial charge in [-0.15, -0.1) is 6.58 Å². The molecular weight excluding hydrogens is 586 g/mol. The normalized spacial score (nSPS) is 12.7. The zero-order chi connectivity index (χ0) is 33.0. The van der Waals surface area contributed by atoms with Crippen LogP contribution in [0.3, 0.4) is 0 Å². The molecule has 0 aliphatic carbocycles. The van der Waals surface area contributed by atoms with Gasteiger partial charge < -0.3 is 19.7 Å². The molecule has 3 atom stereocenters. The molecule has 2 N–H and O–H groups in total. The Morgan fingerprint density at radius 3 is 1.98 bits per heavy atom. The zero-order valence-corrected chi connectivity index (χ0v) is 26.0. The third-order valence-electron chi connectivity index (χ3n) is 8.09. The Hall–Kier alpha value is -5.71. The first-order valence-corrected chi connectivity index (χ1v) is 15.5. The van der Waals surface area contributed by atoms with Crippen LogP contribution in [0.5, 0.6) is 0 Å². The molecule has 0 fully saturated rings. The Morgan fingerprint density at radius 1 is 0.830 bits per heavy atom. The lowest BCUT2D eigenvalue weighted by Crippen LogP contribution is -2.46. The number of rotatable bonds is 14. The van der Waals surface area contributed by atoms with Crippen LogP contribution in [-0.4, -0.2) is 34.2 Å². The quantitative estimate of drug-likeness (QED) is 0.104. The number of hydrogen-bond donors (Lipinski definition) is 2. The number of aromatic nitrogens is 1. The van der Waals surface area contributed by atoms with Crippen LogP contribution in [-0.2, 0) is 27.4 Å². The molecule has 0 saturated heterocycles. The highest BCUT2D eigenvalue weighted by atomic mass is 16.5. The second kappa shape index (κ2) is 16.0. The van der Waals surface area contributed by atoms with Crippen LogP contribution in [0.4, 0.5) is 0 Å². The van der Waals surface area contributed by atoms with E-state index in [-0.39, 0.29) is 19.6 Å². The monoisotopic (exact) mass is 623 g/mol. The van der Waals surface area contributed by atoms with E-state index in [1.807, 2.05) is 109 Å². The number of aliphatic hydroxyl groups is 1. The van der Waals surface area contributed by atoms with Gasteiger partial charge in [-0.2, -0.15) is 5.26 Å². The van der Waals surface area contributed by atoms with Crippen LogP contribution in [0.25, 0.3) is 22.3 Å². The summed E-state index contributed by atoms with van der Waals surface area (Å²) in [6, 6.07) is 37.0. The van der Waals surface area contributed by atoms with Gasteiger partial charge in [-0.1, -0.05) is 103 Å². The number of carbonyl (C=O) groups is 2. The minimum Gasteiger partial charge on any atom is -0.461 e. The first-order chi connectivity index (χ1) is 23.0. The fraction of sp³-hybridized carbons (Fsp3) is 0.175. The molecule has 7 nitrogen and oxygen atoms in total. The molecular formula is C40H37N3O4. The lowest BCUT2D eigenvalue weighted by atomic mass is 9.94. The average Bonchev–Trinajstić information content (AvgIpc) is 3.61. The first-order valence-electron chi connectivity index (χ1n) is 15.5. The minimum absolute atomic E-state index is 0.0808. The van der Waals surface area contributed by atoms with Gasteiger partial charge in [-0.05, 0) is 64.4 Å². The third-order valence-corrected chi connectivity index (χ3v) is 8.09. The molecule has 1 heterocycles. The summed E-state index contributed by atoms with van der Waals surface area (Å²) in [6.45, 7) is 3.68. The number of allylic oxidation sites excluding steroid dienone is 1. The molecule has 1 unspecified atom stereocenters. The summed E-state index contributed by atoms with van der Waals surface area (Å²) in [4.78, 5) is 27.7. The van der Waals surface area contributed by atoms with Gasteiger partial charge in [0.05, 0.1) is 30.2 Å². The van der Waals surface area contributed by atoms with E-state index >= 15 is 0 Å². The number of aliphatic hydroxyl groups excluding tert-OH is 1. The van der Waals surface area contributed by atoms with Gasteiger partial charge in [0.15, 0.2) is 0 Å². The SMILES string of the molecule is C=CC[C@H](C(=O)OCc1ccccc1)C(C(=O)N[C@H](CO)Cc1ccccc1)n1ccc(-c2ccc(-c3ccc(C#N)cc3)cc2)c1. The molecule has 0 aliphatic heterocycles. The summed E-state index contributed by atoms with van der Waals surface area (Å²) in [5.41, 5.74) is 6.23. The minimum atomic E-state index is -0.965. The summed E-state index contributed by atoms with van der Waals surface area (Å²) in [7, 11) is 0. The van der Waals surface area contributed by atoms with E-state index in [0.717, 1.165) is 33.4 Å². The fourth-order valence-corrected chi connectivity index (χ4v) is 5.59. The van der Waals surface area contributed by atoms with Gasteiger partial charge in [0.2, 0.25) is 5.91 Å². The lowest BCUT2D eigenvalue weighted by molar-refractivity contribution is -0.154. The topological polar surface area (TPSA) is 104 Å². The number of hydrogen-bond acceptors (Lipinski definition) is 5. The van der Waals surface area contributed by atoms with E-state index in [1.165, 1.54) is 0 Å². The van der Waals surface area contributed by atoms with Crippen molar-refractivity contribution in [2.45, 2.75) is 31.5 Å². The van der Waals surface area contributed by atoms with Crippen molar-refractivity contribution in [3.05, 3.63) is 157 Å². The highest BCUT2D eigenvalue weighted by Gasteiger charge is 2.36. The summed E-state index contributed by atoms with van der Waals surface area (Å²) in [6.07, 6.45) is 5.91. The van der Waals surface area contributed by atoms with E-state index in [2.05, 4.69) is 18.0 Å². The second-order valence-corrected chi connectivity index (χ2v) is 11.4. The van der Waals surface area contributed by atoms with E-state index in [9.17, 15) is 14.7 Å². The summed E-state index contributed by atoms with van der Waals surface area (Å²) in [5.74, 6) is -1.78. The maximum atomic E-state index is 14.1. The van der Waals surface area contributed by atoms with Crippen LogP contribution >= 0.6 is 0 Å². The summed E-state index contributed by atoms with van der Waals surface area (Å²) in [5, 5.41) is 22.3. The molecule has 0 radical (unpaired) electrons. The van der Waals surface area contributed by atoms with Gasteiger partial charge >= 0.3 is 5.97 Å². The number of ether oxygens (including phenoxy) is 1. The van der Waals surface area contributed by atoms with Gasteiger partial charge in [0.1, 0.15) is 12.6 Å². The molecule has 0 saturated carbocycles. The number of nitrogens with one attached hydrogen (secondary N) is 1. The molecule has 5 rings (SSSR count). The van der Waals surface area contributed by atoms with Gasteiger partial charge in [0.25, 0.3) is 0 Å². The van der Waals surface area contributed by atoms with E-state index in [0.29, 0.717) is 12.0 Å². The molecule has 0 bridgehead atoms. The Balaban J connectivity index is 1.42. The number of benzene rings is 4. The number of amides is 1. The van der Waals surface area contributed by atoms with Crippen molar-refractivity contribution in [2.24, 2.45) is 5.92 Å². The molecule has 236 valence electrons. The predicted octanol–water partition coefficient (Wildman–Crippen LogP) is 6.89. The van der Waals surface area contributed by atoms with Crippen LogP contribution < -0.4 is 5.32 Å². The molecule has 0 aliphatic rings. The second-order valence-electron chi connectivity index (χ2n) is 11.4. The Bertz CT molecular complexity index is 1810. The molecule has 5 aromatic rings. The van der Waals surface area contributed by atoms with E-state index in [1.54, 1.807) is 29.0 Å². The van der Waals surface area contributed by atoms with Crippen molar-refractivity contribution in [1.29, 1.82) is 5.26 Å². The van der Waals surface area contributed by atoms with Gasteiger partial charge in [-0.25, -0.2) is 0 Å². The molecule has 4 aromatic carbocycles. The maximum Gasteiger partial charge on any atom is 0.312 e. The molecule has 1 aromatic heterocycles. The molecule has 47 heavy (non-hydrogen) atoms. The van der Waals surface area contributed by atoms with Gasteiger partial charge in [0, 0.05) is 12.4 Å². The molecule has 0 spiro atoms. The standard InChI is InChI=1S/C40H37N3O4/c1-2-9-37(40(46)47-28-31-12-7-4-8-13-31)38(39(45)42-36(27-44)24-29-10-5-3-6-11-29)43-23-22-35(26-43)34-20-18-33(19-21-34)32-16-14-30(25-41)15-17-32/h2-8,10-23,26,36-38,44H,1,9,24,27-28H2,(H,42,45)/t36-,37-,38?/m0/s1. The van der Waals surface area contributed by atoms with Crippen molar-refractivity contribution < 1.29 is 19.4 Å². The van der Waals surface area contributed by atoms with Crippen molar-refractivity contribution in [3.8, 4) is 28.3 Å². The zero-order valence-electron chi connectivity index (χ0n) is 26.0. The smallest absolute Gasteiger partial charge is 0.312 e. The summed E-state index contributed by atoms with van der Waals surface area (Å²) < 4.78 is 7.48. The number of nitriles is 1. The van der Waals surface area contributed by atoms with Crippen LogP contribution in [0.1, 0.15) is 29.2 Å². The maximum absolute atomic E-state index is 14.1. The number of carbonyl (C=O) groups excluding carboxylic acids is 2. The van der Waals surface area contributed by atoms with Gasteiger partial charge in [-0.3, -0.25) is 9.59 Å². The van der Waals surface area contributed by atoms with E-state index < -0.39 is 29.9 Å². The van der Waals surface area contributed by atoms with Crippen molar-refractivity contribution in [1.82, 2.24) is 9.88 Å². The first kappa shape index (κ1) is 32.7. The summed E-state index contributed by atoms with van der Waals surface area (Å²) >= 11 is 0. The number of esters is 1. The highest BCUT2D eigenvalue weighted by Crippen LogP contribution is 2.30. The third kappa shape index (κ3) is 8.51. The highest BCUT2D eigenvalue weighted by molar-refractivity contribution is 5.87. The van der Waals surface area contributed by atoms with Crippen LogP contribution in [0.2, 0.25) is 0 Å². The predicted molar refractivity (Wildman–Crippen MR) is 183 cm³/mol. The van der Waals surface area contributed by atoms with Crippen molar-refractivity contribution in [3.63, 3.8) is 0 Å². The average molecular weight is 624 g/mol. The lowest BCUT2D eigenvalue weighted by Gasteiger charge is -2.28. The Labute approximate surface area is 275 Å². The van der Waals surface area contributed by atoms with Crippen LogP contribution in [0.15, 0.2) is 140 Å². The molecule has 1 amide bonds. The Morgan fingerprint density at radius 2 is 1.40 bits per heavy atom. The van der Waals surface area contributed by atoms with E-state index in [4.69, 9.17) is 10.00 Å². The number of nitrogens with zero attached hydrogens (tertiary/aromatic N) is 2. The van der Waals surface area contributed by atoms with Crippen molar-refractivity contribution >= 4 is 11.9 Å². The largest absolute Gasteiger partial charge is 0.461 e. The van der Waals surface area contributed by atoms with Crippen molar-refractivity contribution in [2.75, 3.05) is 6.61 Å².